The average molecular weight is 462 g/mol. The number of nitrogens with zero attached hydrogens (tertiary/aromatic N) is 2. The number of carbonyl (C=O) groups excluding carboxylic acids is 2. The van der Waals surface area contributed by atoms with Crippen LogP contribution < -0.4 is 5.32 Å². The number of nitrogens with one attached hydrogen (secondary N) is 1. The second-order valence-corrected chi connectivity index (χ2v) is 9.61. The van der Waals surface area contributed by atoms with E-state index in [0.29, 0.717) is 18.7 Å². The molecule has 1 aliphatic carbocycles. The molecule has 1 aromatic carbocycles. The molecule has 0 unspecified atom stereocenters. The lowest BCUT2D eigenvalue weighted by molar-refractivity contribution is -0.141. The summed E-state index contributed by atoms with van der Waals surface area (Å²) in [5.41, 5.74) is 1.75. The van der Waals surface area contributed by atoms with Crippen LogP contribution >= 0.6 is 11.3 Å². The Morgan fingerprint density at radius 3 is 2.48 bits per heavy atom. The minimum absolute atomic E-state index is 0.0529. The summed E-state index contributed by atoms with van der Waals surface area (Å²) in [6, 6.07) is 19.0. The Balaban J connectivity index is 1.61. The van der Waals surface area contributed by atoms with Crippen LogP contribution in [0.1, 0.15) is 54.3 Å². The molecule has 1 fully saturated rings. The molecule has 2 heterocycles. The zero-order chi connectivity index (χ0) is 22.9. The quantitative estimate of drug-likeness (QED) is 0.491. The van der Waals surface area contributed by atoms with Gasteiger partial charge in [0.1, 0.15) is 0 Å². The third-order valence-electron chi connectivity index (χ3n) is 6.19. The van der Waals surface area contributed by atoms with Crippen molar-refractivity contribution in [3.8, 4) is 0 Å². The van der Waals surface area contributed by atoms with Gasteiger partial charge in [-0.25, -0.2) is 0 Å². The van der Waals surface area contributed by atoms with Gasteiger partial charge in [-0.05, 0) is 48.4 Å². The molecule has 172 valence electrons. The second-order valence-electron chi connectivity index (χ2n) is 8.58. The van der Waals surface area contributed by atoms with E-state index >= 15 is 0 Å². The minimum Gasteiger partial charge on any atom is -0.351 e. The van der Waals surface area contributed by atoms with E-state index in [1.807, 2.05) is 53.9 Å². The molecular weight excluding hydrogens is 430 g/mol. The van der Waals surface area contributed by atoms with Crippen LogP contribution in [-0.4, -0.2) is 34.3 Å². The Bertz CT molecular complexity index is 1000. The van der Waals surface area contributed by atoms with E-state index < -0.39 is 6.04 Å². The van der Waals surface area contributed by atoms with Crippen LogP contribution in [-0.2, 0) is 22.4 Å². The van der Waals surface area contributed by atoms with Gasteiger partial charge in [0.2, 0.25) is 11.8 Å². The molecule has 1 aliphatic rings. The van der Waals surface area contributed by atoms with Crippen molar-refractivity contribution in [3.05, 3.63) is 88.4 Å². The van der Waals surface area contributed by atoms with Crippen molar-refractivity contribution in [2.45, 2.75) is 57.0 Å². The number of thiophene rings is 1. The number of benzene rings is 1. The van der Waals surface area contributed by atoms with Gasteiger partial charge in [0.05, 0.1) is 12.1 Å². The summed E-state index contributed by atoms with van der Waals surface area (Å²) in [4.78, 5) is 34.4. The summed E-state index contributed by atoms with van der Waals surface area (Å²) < 4.78 is 0. The molecule has 5 nitrogen and oxygen atoms in total. The Morgan fingerprint density at radius 2 is 1.79 bits per heavy atom. The van der Waals surface area contributed by atoms with Gasteiger partial charge in [-0.15, -0.1) is 11.3 Å². The van der Waals surface area contributed by atoms with Crippen LogP contribution in [0.2, 0.25) is 0 Å². The largest absolute Gasteiger partial charge is 0.351 e. The van der Waals surface area contributed by atoms with E-state index in [1.54, 1.807) is 22.4 Å². The molecule has 4 rings (SSSR count). The lowest BCUT2D eigenvalue weighted by Crippen LogP contribution is -2.48. The fourth-order valence-corrected chi connectivity index (χ4v) is 5.15. The number of carbonyl (C=O) groups is 2. The first-order valence-electron chi connectivity index (χ1n) is 11.8. The molecule has 6 heteroatoms. The normalized spacial score (nSPS) is 15.0. The molecular formula is C27H31N3O2S. The van der Waals surface area contributed by atoms with Crippen molar-refractivity contribution in [1.29, 1.82) is 0 Å². The fraction of sp³-hybridized carbons (Fsp3) is 0.370. The molecule has 0 spiro atoms. The molecule has 2 amide bonds. The van der Waals surface area contributed by atoms with Gasteiger partial charge < -0.3 is 10.2 Å². The second kappa shape index (κ2) is 11.8. The highest BCUT2D eigenvalue weighted by molar-refractivity contribution is 7.10. The summed E-state index contributed by atoms with van der Waals surface area (Å²) in [6.07, 6.45) is 8.13. The van der Waals surface area contributed by atoms with Gasteiger partial charge in [0.15, 0.2) is 6.04 Å². The Labute approximate surface area is 199 Å². The zero-order valence-electron chi connectivity index (χ0n) is 18.9. The van der Waals surface area contributed by atoms with Crippen molar-refractivity contribution in [2.75, 3.05) is 6.54 Å². The van der Waals surface area contributed by atoms with Gasteiger partial charge in [-0.2, -0.15) is 0 Å². The lowest BCUT2D eigenvalue weighted by Gasteiger charge is -2.33. The van der Waals surface area contributed by atoms with Crippen molar-refractivity contribution < 1.29 is 9.59 Å². The Hall–Kier alpha value is -2.99. The highest BCUT2D eigenvalue weighted by Crippen LogP contribution is 2.24. The first-order chi connectivity index (χ1) is 16.2. The molecule has 1 N–H and O–H groups in total. The van der Waals surface area contributed by atoms with E-state index in [1.165, 1.54) is 6.42 Å². The maximum atomic E-state index is 13.6. The number of pyridine rings is 1. The summed E-state index contributed by atoms with van der Waals surface area (Å²) in [5.74, 6) is -0.184. The molecule has 0 aliphatic heterocycles. The van der Waals surface area contributed by atoms with E-state index in [4.69, 9.17) is 0 Å². The van der Waals surface area contributed by atoms with Gasteiger partial charge in [-0.3, -0.25) is 14.6 Å². The number of rotatable bonds is 9. The monoisotopic (exact) mass is 461 g/mol. The average Bonchev–Trinajstić information content (AvgIpc) is 3.36. The molecule has 1 saturated carbocycles. The molecule has 0 bridgehead atoms. The summed E-state index contributed by atoms with van der Waals surface area (Å²) >= 11 is 1.56. The third-order valence-corrected chi connectivity index (χ3v) is 7.07. The summed E-state index contributed by atoms with van der Waals surface area (Å²) in [7, 11) is 0. The standard InChI is InChI=1S/C27H31N3O2S/c31-25(20-23-14-9-19-33-23)30(18-16-21-10-3-1-4-11-21)26(24-15-7-8-17-28-24)27(32)29-22-12-5-2-6-13-22/h1,3-4,7-11,14-15,17,19,22,26H,2,5-6,12-13,16,18,20H2,(H,29,32)/t26-/m1/s1. The summed E-state index contributed by atoms with van der Waals surface area (Å²) in [5, 5.41) is 5.21. The maximum Gasteiger partial charge on any atom is 0.249 e. The van der Waals surface area contributed by atoms with E-state index in [0.717, 1.165) is 36.1 Å². The van der Waals surface area contributed by atoms with Gasteiger partial charge in [0, 0.05) is 23.7 Å². The minimum atomic E-state index is -0.746. The first kappa shape index (κ1) is 23.2. The molecule has 2 aromatic heterocycles. The maximum absolute atomic E-state index is 13.6. The first-order valence-corrected chi connectivity index (χ1v) is 12.7. The van der Waals surface area contributed by atoms with Crippen LogP contribution in [0.25, 0.3) is 0 Å². The number of amides is 2. The van der Waals surface area contributed by atoms with Gasteiger partial charge in [-0.1, -0.05) is 61.7 Å². The molecule has 0 saturated heterocycles. The highest BCUT2D eigenvalue weighted by Gasteiger charge is 2.33. The Morgan fingerprint density at radius 1 is 1.00 bits per heavy atom. The zero-order valence-corrected chi connectivity index (χ0v) is 19.7. The van der Waals surface area contributed by atoms with E-state index in [2.05, 4.69) is 22.4 Å². The van der Waals surface area contributed by atoms with Crippen LogP contribution in [0.3, 0.4) is 0 Å². The number of hydrogen-bond acceptors (Lipinski definition) is 4. The lowest BCUT2D eigenvalue weighted by atomic mass is 9.95. The molecule has 0 radical (unpaired) electrons. The predicted octanol–water partition coefficient (Wildman–Crippen LogP) is 4.95. The number of aromatic nitrogens is 1. The third kappa shape index (κ3) is 6.51. The molecule has 33 heavy (non-hydrogen) atoms. The van der Waals surface area contributed by atoms with Crippen molar-refractivity contribution >= 4 is 23.2 Å². The van der Waals surface area contributed by atoms with Crippen LogP contribution in [0.15, 0.2) is 72.2 Å². The summed E-state index contributed by atoms with van der Waals surface area (Å²) in [6.45, 7) is 0.452. The van der Waals surface area contributed by atoms with E-state index in [9.17, 15) is 9.59 Å². The van der Waals surface area contributed by atoms with Crippen molar-refractivity contribution in [3.63, 3.8) is 0 Å². The van der Waals surface area contributed by atoms with Crippen molar-refractivity contribution in [1.82, 2.24) is 15.2 Å². The molecule has 1 atom stereocenters. The highest BCUT2D eigenvalue weighted by atomic mass is 32.1. The van der Waals surface area contributed by atoms with Gasteiger partial charge in [0.25, 0.3) is 0 Å². The SMILES string of the molecule is O=C(NC1CCCCC1)[C@@H](c1ccccn1)N(CCc1ccccc1)C(=O)Cc1cccs1. The van der Waals surface area contributed by atoms with Crippen LogP contribution in [0.4, 0.5) is 0 Å². The van der Waals surface area contributed by atoms with Gasteiger partial charge >= 0.3 is 0 Å². The Kier molecular flexibility index (Phi) is 8.25. The van der Waals surface area contributed by atoms with Crippen LogP contribution in [0, 0.1) is 0 Å². The predicted molar refractivity (Wildman–Crippen MR) is 132 cm³/mol. The van der Waals surface area contributed by atoms with Crippen molar-refractivity contribution in [2.24, 2.45) is 0 Å². The molecule has 3 aromatic rings. The smallest absolute Gasteiger partial charge is 0.249 e. The van der Waals surface area contributed by atoms with Crippen LogP contribution in [0.5, 0.6) is 0 Å². The fourth-order valence-electron chi connectivity index (χ4n) is 4.46. The number of hydrogen-bond donors (Lipinski definition) is 1. The topological polar surface area (TPSA) is 62.3 Å². The van der Waals surface area contributed by atoms with E-state index in [-0.39, 0.29) is 24.3 Å².